The fraction of sp³-hybridized carbons (Fsp3) is 0.300. The first-order valence-corrected chi connectivity index (χ1v) is 9.92. The second-order valence-electron chi connectivity index (χ2n) is 6.22. The van der Waals surface area contributed by atoms with Gasteiger partial charge >= 0.3 is 0 Å². The number of aromatic nitrogens is 4. The van der Waals surface area contributed by atoms with Gasteiger partial charge in [0.1, 0.15) is 0 Å². The van der Waals surface area contributed by atoms with Crippen LogP contribution in [0.5, 0.6) is 0 Å². The Hall–Kier alpha value is -2.67. The van der Waals surface area contributed by atoms with Gasteiger partial charge in [0.05, 0.1) is 0 Å². The van der Waals surface area contributed by atoms with Crippen LogP contribution in [0.3, 0.4) is 0 Å². The molecule has 0 saturated heterocycles. The van der Waals surface area contributed by atoms with Crippen LogP contribution >= 0.6 is 11.8 Å². The number of hydrogen-bond donors (Lipinski definition) is 0. The van der Waals surface area contributed by atoms with Crippen LogP contribution in [-0.2, 0) is 24.8 Å². The van der Waals surface area contributed by atoms with Crippen LogP contribution in [0, 0.1) is 0 Å². The highest BCUT2D eigenvalue weighted by atomic mass is 32.2. The highest BCUT2D eigenvalue weighted by Crippen LogP contribution is 2.15. The lowest BCUT2D eigenvalue weighted by molar-refractivity contribution is -0.131. The maximum absolute atomic E-state index is 12.8. The Morgan fingerprint density at radius 3 is 2.33 bits per heavy atom. The highest BCUT2D eigenvalue weighted by Gasteiger charge is 2.15. The summed E-state index contributed by atoms with van der Waals surface area (Å²) >= 11 is 1.50. The number of amides is 1. The van der Waals surface area contributed by atoms with Gasteiger partial charge in [0.2, 0.25) is 11.1 Å². The number of tetrazole rings is 1. The molecule has 0 unspecified atom stereocenters. The molecule has 1 amide bonds. The molecule has 6 nitrogen and oxygen atoms in total. The van der Waals surface area contributed by atoms with Crippen LogP contribution in [0.25, 0.3) is 0 Å². The van der Waals surface area contributed by atoms with Crippen molar-refractivity contribution in [1.29, 1.82) is 0 Å². The van der Waals surface area contributed by atoms with E-state index >= 15 is 0 Å². The molecule has 3 rings (SSSR count). The zero-order valence-corrected chi connectivity index (χ0v) is 16.2. The molecule has 1 aromatic heterocycles. The van der Waals surface area contributed by atoms with Crippen molar-refractivity contribution >= 4 is 17.7 Å². The monoisotopic (exact) mass is 381 g/mol. The van der Waals surface area contributed by atoms with Crippen LogP contribution in [0.15, 0.2) is 65.8 Å². The average molecular weight is 382 g/mol. The summed E-state index contributed by atoms with van der Waals surface area (Å²) in [7, 11) is 1.80. The molecule has 0 fully saturated rings. The van der Waals surface area contributed by atoms with E-state index in [1.54, 1.807) is 11.7 Å². The molecule has 0 radical (unpaired) electrons. The second-order valence-corrected chi connectivity index (χ2v) is 7.28. The molecule has 0 aliphatic rings. The highest BCUT2D eigenvalue weighted by molar-refractivity contribution is 7.99. The molecule has 0 saturated carbocycles. The Kier molecular flexibility index (Phi) is 6.98. The predicted octanol–water partition coefficient (Wildman–Crippen LogP) is 2.96. The van der Waals surface area contributed by atoms with E-state index in [1.807, 2.05) is 41.3 Å². The minimum Gasteiger partial charge on any atom is -0.338 e. The topological polar surface area (TPSA) is 63.9 Å². The van der Waals surface area contributed by atoms with E-state index in [9.17, 15) is 4.79 Å². The third kappa shape index (κ3) is 5.92. The number of carbonyl (C=O) groups is 1. The van der Waals surface area contributed by atoms with Gasteiger partial charge in [-0.3, -0.25) is 4.79 Å². The first-order chi connectivity index (χ1) is 13.2. The van der Waals surface area contributed by atoms with Gasteiger partial charge in [0.15, 0.2) is 0 Å². The zero-order valence-electron chi connectivity index (χ0n) is 15.4. The van der Waals surface area contributed by atoms with Gasteiger partial charge in [-0.05, 0) is 28.0 Å². The van der Waals surface area contributed by atoms with E-state index in [2.05, 4.69) is 39.8 Å². The smallest absolute Gasteiger partial charge is 0.223 e. The SMILES string of the molecule is Cn1nnnc1SCCC(=O)N(CCc1ccccc1)Cc1ccccc1. The van der Waals surface area contributed by atoms with Crippen molar-refractivity contribution in [3.63, 3.8) is 0 Å². The van der Waals surface area contributed by atoms with Gasteiger partial charge in [0.25, 0.3) is 0 Å². The molecule has 0 bridgehead atoms. The van der Waals surface area contributed by atoms with Crippen LogP contribution in [0.2, 0.25) is 0 Å². The summed E-state index contributed by atoms with van der Waals surface area (Å²) in [6.07, 6.45) is 1.30. The van der Waals surface area contributed by atoms with E-state index in [-0.39, 0.29) is 5.91 Å². The zero-order chi connectivity index (χ0) is 18.9. The fourth-order valence-corrected chi connectivity index (χ4v) is 3.51. The van der Waals surface area contributed by atoms with Gasteiger partial charge in [-0.15, -0.1) is 5.10 Å². The number of carbonyl (C=O) groups excluding carboxylic acids is 1. The van der Waals surface area contributed by atoms with Gasteiger partial charge in [-0.2, -0.15) is 0 Å². The number of nitrogens with zero attached hydrogens (tertiary/aromatic N) is 5. The number of thioether (sulfide) groups is 1. The Balaban J connectivity index is 1.58. The summed E-state index contributed by atoms with van der Waals surface area (Å²) in [5.41, 5.74) is 2.38. The average Bonchev–Trinajstić information content (AvgIpc) is 3.11. The van der Waals surface area contributed by atoms with Gasteiger partial charge in [-0.1, -0.05) is 72.4 Å². The molecule has 3 aromatic rings. The van der Waals surface area contributed by atoms with Crippen molar-refractivity contribution in [1.82, 2.24) is 25.1 Å². The molecule has 140 valence electrons. The first kappa shape index (κ1) is 19.1. The summed E-state index contributed by atoms with van der Waals surface area (Å²) in [6, 6.07) is 20.4. The lowest BCUT2D eigenvalue weighted by atomic mass is 10.1. The number of rotatable bonds is 9. The molecule has 2 aromatic carbocycles. The fourth-order valence-electron chi connectivity index (χ4n) is 2.74. The maximum Gasteiger partial charge on any atom is 0.223 e. The number of aryl methyl sites for hydroxylation is 1. The second kappa shape index (κ2) is 9.87. The Labute approximate surface area is 163 Å². The summed E-state index contributed by atoms with van der Waals surface area (Å²) < 4.78 is 1.62. The molecular weight excluding hydrogens is 358 g/mol. The minimum atomic E-state index is 0.150. The number of benzene rings is 2. The largest absolute Gasteiger partial charge is 0.338 e. The summed E-state index contributed by atoms with van der Waals surface area (Å²) in [5.74, 6) is 0.807. The van der Waals surface area contributed by atoms with Crippen molar-refractivity contribution in [3.05, 3.63) is 71.8 Å². The summed E-state index contributed by atoms with van der Waals surface area (Å²) in [5, 5.41) is 12.1. The van der Waals surface area contributed by atoms with E-state index < -0.39 is 0 Å². The van der Waals surface area contributed by atoms with Gasteiger partial charge in [0, 0.05) is 32.3 Å². The Morgan fingerprint density at radius 1 is 1.04 bits per heavy atom. The van der Waals surface area contributed by atoms with Crippen molar-refractivity contribution in [2.75, 3.05) is 12.3 Å². The van der Waals surface area contributed by atoms with E-state index in [4.69, 9.17) is 0 Å². The molecule has 0 atom stereocenters. The summed E-state index contributed by atoms with van der Waals surface area (Å²) in [6.45, 7) is 1.33. The van der Waals surface area contributed by atoms with Crippen LogP contribution in [-0.4, -0.2) is 43.3 Å². The molecule has 0 aliphatic heterocycles. The van der Waals surface area contributed by atoms with Gasteiger partial charge in [-0.25, -0.2) is 4.68 Å². The van der Waals surface area contributed by atoms with Crippen molar-refractivity contribution in [3.8, 4) is 0 Å². The third-order valence-electron chi connectivity index (χ3n) is 4.21. The standard InChI is InChI=1S/C20H23N5OS/c1-24-20(21-22-23-24)27-15-13-19(26)25(16-18-10-6-3-7-11-18)14-12-17-8-4-2-5-9-17/h2-11H,12-16H2,1H3. The summed E-state index contributed by atoms with van der Waals surface area (Å²) in [4.78, 5) is 14.8. The van der Waals surface area contributed by atoms with E-state index in [1.165, 1.54) is 17.3 Å². The predicted molar refractivity (Wildman–Crippen MR) is 106 cm³/mol. The molecule has 1 heterocycles. The van der Waals surface area contributed by atoms with Crippen LogP contribution in [0.1, 0.15) is 17.5 Å². The normalized spacial score (nSPS) is 10.7. The van der Waals surface area contributed by atoms with Crippen LogP contribution in [0.4, 0.5) is 0 Å². The Morgan fingerprint density at radius 2 is 1.70 bits per heavy atom. The molecular formula is C20H23N5OS. The number of hydrogen-bond acceptors (Lipinski definition) is 5. The molecule has 27 heavy (non-hydrogen) atoms. The third-order valence-corrected chi connectivity index (χ3v) is 5.22. The molecule has 7 heteroatoms. The lowest BCUT2D eigenvalue weighted by Gasteiger charge is -2.23. The lowest BCUT2D eigenvalue weighted by Crippen LogP contribution is -2.32. The Bertz CT molecular complexity index is 838. The van der Waals surface area contributed by atoms with Crippen molar-refractivity contribution in [2.45, 2.75) is 24.5 Å². The quantitative estimate of drug-likeness (QED) is 0.533. The maximum atomic E-state index is 12.8. The van der Waals surface area contributed by atoms with Gasteiger partial charge < -0.3 is 4.90 Å². The molecule has 0 N–H and O–H groups in total. The van der Waals surface area contributed by atoms with E-state index in [0.717, 1.165) is 17.1 Å². The first-order valence-electron chi connectivity index (χ1n) is 8.93. The van der Waals surface area contributed by atoms with Crippen molar-refractivity contribution < 1.29 is 4.79 Å². The molecule has 0 spiro atoms. The van der Waals surface area contributed by atoms with Crippen molar-refractivity contribution in [2.24, 2.45) is 7.05 Å². The molecule has 0 aliphatic carbocycles. The van der Waals surface area contributed by atoms with Crippen LogP contribution < -0.4 is 0 Å². The minimum absolute atomic E-state index is 0.150. The van der Waals surface area contributed by atoms with E-state index in [0.29, 0.717) is 25.3 Å².